The third kappa shape index (κ3) is 4.02. The molecule has 28 heavy (non-hydrogen) atoms. The minimum absolute atomic E-state index is 0.200. The van der Waals surface area contributed by atoms with Crippen LogP contribution < -0.4 is 11.1 Å². The predicted octanol–water partition coefficient (Wildman–Crippen LogP) is 3.72. The van der Waals surface area contributed by atoms with Gasteiger partial charge in [-0.05, 0) is 56.3 Å². The number of benzene rings is 1. The molecule has 2 unspecified atom stereocenters. The molecule has 0 bridgehead atoms. The smallest absolute Gasteiger partial charge is 0.236 e. The maximum Gasteiger partial charge on any atom is 0.236 e. The van der Waals surface area contributed by atoms with Crippen LogP contribution >= 0.6 is 0 Å². The number of hydrogen-bond donors (Lipinski definition) is 3. The molecule has 146 valence electrons. The number of rotatable bonds is 4. The molecular weight excluding hydrogens is 350 g/mol. The van der Waals surface area contributed by atoms with E-state index in [1.54, 1.807) is 12.1 Å². The summed E-state index contributed by atoms with van der Waals surface area (Å²) in [6.45, 7) is 4.53. The number of phenolic OH excluding ortho intramolecular Hbond substituents is 1. The number of nitrogens with one attached hydrogen (secondary N) is 1. The molecule has 0 saturated carbocycles. The van der Waals surface area contributed by atoms with Gasteiger partial charge in [-0.1, -0.05) is 31.2 Å². The average Bonchev–Trinajstić information content (AvgIpc) is 2.95. The summed E-state index contributed by atoms with van der Waals surface area (Å²) in [7, 11) is 0. The van der Waals surface area contributed by atoms with Gasteiger partial charge in [0.15, 0.2) is 0 Å². The fourth-order valence-corrected chi connectivity index (χ4v) is 3.92. The number of hydrogen-bond acceptors (Lipinski definition) is 5. The Bertz CT molecular complexity index is 994. The Morgan fingerprint density at radius 1 is 1.29 bits per heavy atom. The summed E-state index contributed by atoms with van der Waals surface area (Å²) < 4.78 is 1.86. The molecule has 0 aliphatic carbocycles. The minimum Gasteiger partial charge on any atom is -0.507 e. The highest BCUT2D eigenvalue weighted by Crippen LogP contribution is 2.28. The molecule has 1 aromatic carbocycles. The standard InChI is InChI=1S/C22H27N5O/c1-15-11-16(9-10-24-12-15)5-4-6-17-13-27-14-19(25-22(27)26-21(17)23)18-7-2-3-8-20(18)28/h2-4,6-8,13-16,24,28H,5,9-12H2,1H3,(H2,23,25,26)/b6-4+. The van der Waals surface area contributed by atoms with E-state index in [4.69, 9.17) is 5.73 Å². The summed E-state index contributed by atoms with van der Waals surface area (Å²) in [5.41, 5.74) is 8.39. The van der Waals surface area contributed by atoms with E-state index in [1.165, 1.54) is 12.8 Å². The third-order valence-electron chi connectivity index (χ3n) is 5.41. The molecule has 2 atom stereocenters. The van der Waals surface area contributed by atoms with Crippen molar-refractivity contribution in [3.8, 4) is 17.0 Å². The zero-order chi connectivity index (χ0) is 19.5. The SMILES string of the molecule is CC1CNCCC(C/C=C/c2cn3cc(-c4ccccc4O)nc3nc2N)C1. The lowest BCUT2D eigenvalue weighted by molar-refractivity contribution is 0.414. The molecule has 3 heterocycles. The molecule has 0 amide bonds. The number of allylic oxidation sites excluding steroid dienone is 1. The lowest BCUT2D eigenvalue weighted by atomic mass is 9.92. The van der Waals surface area contributed by atoms with Crippen molar-refractivity contribution in [2.24, 2.45) is 11.8 Å². The maximum absolute atomic E-state index is 10.1. The molecule has 1 aliphatic heterocycles. The Balaban J connectivity index is 1.54. The average molecular weight is 377 g/mol. The lowest BCUT2D eigenvalue weighted by Gasteiger charge is -2.14. The van der Waals surface area contributed by atoms with Gasteiger partial charge >= 0.3 is 0 Å². The zero-order valence-corrected chi connectivity index (χ0v) is 16.2. The van der Waals surface area contributed by atoms with E-state index in [9.17, 15) is 5.11 Å². The molecule has 1 fully saturated rings. The first-order valence-corrected chi connectivity index (χ1v) is 9.91. The number of fused-ring (bicyclic) bond motifs is 1. The van der Waals surface area contributed by atoms with Gasteiger partial charge in [-0.25, -0.2) is 4.98 Å². The third-order valence-corrected chi connectivity index (χ3v) is 5.41. The molecule has 3 aromatic rings. The Morgan fingerprint density at radius 3 is 3.00 bits per heavy atom. The summed E-state index contributed by atoms with van der Waals surface area (Å²) >= 11 is 0. The van der Waals surface area contributed by atoms with Crippen molar-refractivity contribution >= 4 is 17.7 Å². The molecular formula is C22H27N5O. The van der Waals surface area contributed by atoms with Crippen molar-refractivity contribution in [3.05, 3.63) is 48.3 Å². The molecule has 4 N–H and O–H groups in total. The second-order valence-electron chi connectivity index (χ2n) is 7.77. The van der Waals surface area contributed by atoms with Gasteiger partial charge in [-0.3, -0.25) is 4.40 Å². The first-order chi connectivity index (χ1) is 13.6. The van der Waals surface area contributed by atoms with Crippen LogP contribution in [0.1, 0.15) is 31.7 Å². The Morgan fingerprint density at radius 2 is 2.14 bits per heavy atom. The monoisotopic (exact) mass is 377 g/mol. The summed E-state index contributed by atoms with van der Waals surface area (Å²) in [4.78, 5) is 8.93. The number of imidazole rings is 1. The van der Waals surface area contributed by atoms with Crippen LogP contribution in [0.4, 0.5) is 5.82 Å². The minimum atomic E-state index is 0.200. The Hall–Kier alpha value is -2.86. The highest BCUT2D eigenvalue weighted by molar-refractivity contribution is 5.69. The van der Waals surface area contributed by atoms with E-state index in [-0.39, 0.29) is 5.75 Å². The predicted molar refractivity (Wildman–Crippen MR) is 113 cm³/mol. The Labute approximate surface area is 165 Å². The van der Waals surface area contributed by atoms with Crippen LogP contribution in [0.5, 0.6) is 5.75 Å². The maximum atomic E-state index is 10.1. The van der Waals surface area contributed by atoms with Crippen molar-refractivity contribution in [2.75, 3.05) is 18.8 Å². The molecule has 0 spiro atoms. The summed E-state index contributed by atoms with van der Waals surface area (Å²) in [6, 6.07) is 7.15. The molecule has 4 rings (SSSR count). The van der Waals surface area contributed by atoms with Crippen molar-refractivity contribution in [2.45, 2.75) is 26.2 Å². The number of aromatic nitrogens is 3. The van der Waals surface area contributed by atoms with Crippen LogP contribution in [0, 0.1) is 11.8 Å². The number of nitrogens with two attached hydrogens (primary N) is 1. The number of nitrogens with zero attached hydrogens (tertiary/aromatic N) is 3. The largest absolute Gasteiger partial charge is 0.507 e. The first kappa shape index (κ1) is 18.5. The molecule has 0 radical (unpaired) electrons. The summed E-state index contributed by atoms with van der Waals surface area (Å²) in [5, 5.41) is 13.6. The van der Waals surface area contributed by atoms with Crippen LogP contribution in [0.15, 0.2) is 42.7 Å². The van der Waals surface area contributed by atoms with Crippen LogP contribution in [0.25, 0.3) is 23.1 Å². The number of phenols is 1. The van der Waals surface area contributed by atoms with E-state index in [1.807, 2.05) is 28.9 Å². The van der Waals surface area contributed by atoms with Gasteiger partial charge in [-0.2, -0.15) is 4.98 Å². The van der Waals surface area contributed by atoms with Gasteiger partial charge in [0.25, 0.3) is 0 Å². The number of anilines is 1. The lowest BCUT2D eigenvalue weighted by Crippen LogP contribution is -2.18. The Kier molecular flexibility index (Phi) is 5.30. The number of aromatic hydroxyl groups is 1. The van der Waals surface area contributed by atoms with Gasteiger partial charge in [0.05, 0.1) is 5.69 Å². The highest BCUT2D eigenvalue weighted by Gasteiger charge is 2.16. The topological polar surface area (TPSA) is 88.5 Å². The van der Waals surface area contributed by atoms with Crippen molar-refractivity contribution in [1.29, 1.82) is 0 Å². The van der Waals surface area contributed by atoms with Gasteiger partial charge in [0.1, 0.15) is 11.6 Å². The van der Waals surface area contributed by atoms with Gasteiger partial charge < -0.3 is 16.2 Å². The van der Waals surface area contributed by atoms with E-state index in [0.717, 1.165) is 31.0 Å². The second-order valence-corrected chi connectivity index (χ2v) is 7.77. The van der Waals surface area contributed by atoms with Crippen LogP contribution in [0.2, 0.25) is 0 Å². The molecule has 6 nitrogen and oxygen atoms in total. The fourth-order valence-electron chi connectivity index (χ4n) is 3.92. The number of para-hydroxylation sites is 1. The second kappa shape index (κ2) is 8.02. The summed E-state index contributed by atoms with van der Waals surface area (Å²) in [6.07, 6.45) is 11.6. The zero-order valence-electron chi connectivity index (χ0n) is 16.2. The van der Waals surface area contributed by atoms with Crippen LogP contribution in [-0.4, -0.2) is 32.6 Å². The van der Waals surface area contributed by atoms with Gasteiger partial charge in [0.2, 0.25) is 5.78 Å². The van der Waals surface area contributed by atoms with E-state index in [0.29, 0.717) is 28.8 Å². The van der Waals surface area contributed by atoms with Crippen LogP contribution in [-0.2, 0) is 0 Å². The van der Waals surface area contributed by atoms with Crippen molar-refractivity contribution in [3.63, 3.8) is 0 Å². The molecule has 1 aliphatic rings. The van der Waals surface area contributed by atoms with Gasteiger partial charge in [-0.15, -0.1) is 0 Å². The highest BCUT2D eigenvalue weighted by atomic mass is 16.3. The van der Waals surface area contributed by atoms with E-state index < -0.39 is 0 Å². The van der Waals surface area contributed by atoms with Crippen molar-refractivity contribution < 1.29 is 5.11 Å². The van der Waals surface area contributed by atoms with E-state index >= 15 is 0 Å². The van der Waals surface area contributed by atoms with E-state index in [2.05, 4.69) is 34.4 Å². The number of nitrogen functional groups attached to an aromatic ring is 1. The van der Waals surface area contributed by atoms with Gasteiger partial charge in [0, 0.05) is 23.5 Å². The molecule has 6 heteroatoms. The molecule has 1 saturated heterocycles. The first-order valence-electron chi connectivity index (χ1n) is 9.91. The molecule has 2 aromatic heterocycles. The van der Waals surface area contributed by atoms with Crippen molar-refractivity contribution in [1.82, 2.24) is 19.7 Å². The quantitative estimate of drug-likeness (QED) is 0.645. The van der Waals surface area contributed by atoms with Crippen LogP contribution in [0.3, 0.4) is 0 Å². The normalized spacial score (nSPS) is 20.6. The fraction of sp³-hybridized carbons (Fsp3) is 0.364. The summed E-state index contributed by atoms with van der Waals surface area (Å²) in [5.74, 6) is 2.62.